The Morgan fingerprint density at radius 3 is 2.61 bits per heavy atom. The average molecular weight is 337 g/mol. The van der Waals surface area contributed by atoms with E-state index in [-0.39, 0.29) is 0 Å². The number of carbonyl (C=O) groups is 1. The van der Waals surface area contributed by atoms with Crippen molar-refractivity contribution in [3.05, 3.63) is 29.2 Å². The maximum atomic E-state index is 10.9. The number of hydrogen-bond donors (Lipinski definition) is 1. The Balaban J connectivity index is 1.76. The van der Waals surface area contributed by atoms with Crippen LogP contribution < -0.4 is 4.90 Å². The number of pyridine rings is 1. The standard InChI is InChI=1S/C15H17ClN4O3/c1-2-11-9-18-14(23-11)10-7-12(16)13(17-8-10)19-3-5-20(6-4-19)15(21)22/h7-9H,2-6H2,1H3,(H,21,22). The Kier molecular flexibility index (Phi) is 4.38. The third-order valence-corrected chi connectivity index (χ3v) is 4.10. The molecule has 0 unspecified atom stereocenters. The van der Waals surface area contributed by atoms with Crippen LogP contribution >= 0.6 is 11.6 Å². The molecule has 23 heavy (non-hydrogen) atoms. The molecule has 0 aromatic carbocycles. The van der Waals surface area contributed by atoms with Crippen LogP contribution in [0.4, 0.5) is 10.6 Å². The summed E-state index contributed by atoms with van der Waals surface area (Å²) in [6, 6.07) is 1.78. The fourth-order valence-electron chi connectivity index (χ4n) is 2.49. The van der Waals surface area contributed by atoms with E-state index in [2.05, 4.69) is 9.97 Å². The molecule has 0 aliphatic carbocycles. The van der Waals surface area contributed by atoms with Crippen LogP contribution in [0.2, 0.25) is 5.02 Å². The summed E-state index contributed by atoms with van der Waals surface area (Å²) in [6.45, 7) is 4.01. The van der Waals surface area contributed by atoms with E-state index in [4.69, 9.17) is 21.1 Å². The van der Waals surface area contributed by atoms with E-state index in [0.29, 0.717) is 42.9 Å². The predicted molar refractivity (Wildman–Crippen MR) is 85.9 cm³/mol. The second kappa shape index (κ2) is 6.45. The van der Waals surface area contributed by atoms with Crippen LogP contribution in [0, 0.1) is 0 Å². The molecule has 0 radical (unpaired) electrons. The number of halogens is 1. The number of oxazole rings is 1. The number of anilines is 1. The van der Waals surface area contributed by atoms with Crippen molar-refractivity contribution in [3.8, 4) is 11.5 Å². The van der Waals surface area contributed by atoms with Gasteiger partial charge in [-0.05, 0) is 6.07 Å². The molecule has 1 aliphatic heterocycles. The third-order valence-electron chi connectivity index (χ3n) is 3.82. The molecule has 1 aliphatic rings. The van der Waals surface area contributed by atoms with E-state index in [0.717, 1.165) is 17.7 Å². The lowest BCUT2D eigenvalue weighted by Gasteiger charge is -2.34. The van der Waals surface area contributed by atoms with Crippen LogP contribution in [-0.2, 0) is 6.42 Å². The maximum Gasteiger partial charge on any atom is 0.407 e. The molecule has 1 amide bonds. The molecule has 7 nitrogen and oxygen atoms in total. The van der Waals surface area contributed by atoms with Crippen molar-refractivity contribution in [1.29, 1.82) is 0 Å². The zero-order chi connectivity index (χ0) is 16.4. The number of nitrogens with zero attached hydrogens (tertiary/aromatic N) is 4. The highest BCUT2D eigenvalue weighted by Gasteiger charge is 2.23. The molecule has 0 spiro atoms. The highest BCUT2D eigenvalue weighted by Crippen LogP contribution is 2.29. The van der Waals surface area contributed by atoms with Gasteiger partial charge in [-0.25, -0.2) is 14.8 Å². The van der Waals surface area contributed by atoms with E-state index < -0.39 is 6.09 Å². The molecule has 1 N–H and O–H groups in total. The highest BCUT2D eigenvalue weighted by molar-refractivity contribution is 6.33. The second-order valence-electron chi connectivity index (χ2n) is 5.27. The van der Waals surface area contributed by atoms with Gasteiger partial charge in [0.1, 0.15) is 11.6 Å². The molecule has 0 atom stereocenters. The van der Waals surface area contributed by atoms with Gasteiger partial charge in [-0.1, -0.05) is 18.5 Å². The van der Waals surface area contributed by atoms with E-state index in [1.54, 1.807) is 18.5 Å². The Labute approximate surface area is 138 Å². The van der Waals surface area contributed by atoms with Gasteiger partial charge in [0.25, 0.3) is 0 Å². The van der Waals surface area contributed by atoms with Crippen LogP contribution in [0.25, 0.3) is 11.5 Å². The van der Waals surface area contributed by atoms with Crippen LogP contribution in [0.1, 0.15) is 12.7 Å². The molecular formula is C15H17ClN4O3. The lowest BCUT2D eigenvalue weighted by atomic mass is 10.2. The summed E-state index contributed by atoms with van der Waals surface area (Å²) in [5, 5.41) is 9.49. The van der Waals surface area contributed by atoms with Gasteiger partial charge < -0.3 is 19.3 Å². The van der Waals surface area contributed by atoms with Crippen molar-refractivity contribution in [3.63, 3.8) is 0 Å². The van der Waals surface area contributed by atoms with E-state index in [9.17, 15) is 4.79 Å². The Bertz CT molecular complexity index is 710. The van der Waals surface area contributed by atoms with E-state index in [1.807, 2.05) is 11.8 Å². The first kappa shape index (κ1) is 15.6. The fourth-order valence-corrected chi connectivity index (χ4v) is 2.78. The van der Waals surface area contributed by atoms with Crippen LogP contribution in [-0.4, -0.2) is 52.2 Å². The normalized spacial score (nSPS) is 15.0. The molecule has 8 heteroatoms. The van der Waals surface area contributed by atoms with Crippen molar-refractivity contribution in [1.82, 2.24) is 14.9 Å². The second-order valence-corrected chi connectivity index (χ2v) is 5.68. The van der Waals surface area contributed by atoms with Gasteiger partial charge in [0, 0.05) is 38.8 Å². The maximum absolute atomic E-state index is 10.9. The summed E-state index contributed by atoms with van der Waals surface area (Å²) >= 11 is 6.35. The smallest absolute Gasteiger partial charge is 0.407 e. The predicted octanol–water partition coefficient (Wildman–Crippen LogP) is 2.75. The lowest BCUT2D eigenvalue weighted by Crippen LogP contribution is -2.48. The van der Waals surface area contributed by atoms with Gasteiger partial charge in [0.2, 0.25) is 5.89 Å². The molecular weight excluding hydrogens is 320 g/mol. The van der Waals surface area contributed by atoms with Crippen molar-refractivity contribution in [2.45, 2.75) is 13.3 Å². The zero-order valence-electron chi connectivity index (χ0n) is 12.7. The number of amides is 1. The zero-order valence-corrected chi connectivity index (χ0v) is 13.5. The summed E-state index contributed by atoms with van der Waals surface area (Å²) in [5.74, 6) is 1.96. The monoisotopic (exact) mass is 336 g/mol. The first-order valence-corrected chi connectivity index (χ1v) is 7.79. The molecule has 0 bridgehead atoms. The van der Waals surface area contributed by atoms with Crippen molar-refractivity contribution < 1.29 is 14.3 Å². The molecule has 122 valence electrons. The SMILES string of the molecule is CCc1cnc(-c2cnc(N3CCN(C(=O)O)CC3)c(Cl)c2)o1. The average Bonchev–Trinajstić information content (AvgIpc) is 3.04. The summed E-state index contributed by atoms with van der Waals surface area (Å²) < 4.78 is 5.60. The minimum absolute atomic E-state index is 0.439. The quantitative estimate of drug-likeness (QED) is 0.928. The van der Waals surface area contributed by atoms with Crippen molar-refractivity contribution >= 4 is 23.5 Å². The van der Waals surface area contributed by atoms with Gasteiger partial charge in [-0.2, -0.15) is 0 Å². The number of piperazine rings is 1. The number of aromatic nitrogens is 2. The number of aryl methyl sites for hydroxylation is 1. The first-order valence-electron chi connectivity index (χ1n) is 7.42. The van der Waals surface area contributed by atoms with Crippen molar-refractivity contribution in [2.75, 3.05) is 31.1 Å². The molecule has 1 fully saturated rings. The summed E-state index contributed by atoms with van der Waals surface area (Å²) in [5.41, 5.74) is 0.725. The molecule has 2 aromatic rings. The molecule has 1 saturated heterocycles. The minimum atomic E-state index is -0.894. The fraction of sp³-hybridized carbons (Fsp3) is 0.400. The Morgan fingerprint density at radius 1 is 1.30 bits per heavy atom. The molecule has 3 rings (SSSR count). The summed E-state index contributed by atoms with van der Waals surface area (Å²) in [4.78, 5) is 22.9. The third kappa shape index (κ3) is 3.24. The molecule has 2 aromatic heterocycles. The molecule has 0 saturated carbocycles. The van der Waals surface area contributed by atoms with E-state index >= 15 is 0 Å². The number of hydrogen-bond acceptors (Lipinski definition) is 5. The van der Waals surface area contributed by atoms with Gasteiger partial charge in [-0.3, -0.25) is 0 Å². The van der Waals surface area contributed by atoms with E-state index in [1.165, 1.54) is 4.90 Å². The summed E-state index contributed by atoms with van der Waals surface area (Å²) in [7, 11) is 0. The van der Waals surface area contributed by atoms with Gasteiger partial charge >= 0.3 is 6.09 Å². The molecule has 3 heterocycles. The van der Waals surface area contributed by atoms with Gasteiger partial charge in [0.05, 0.1) is 16.8 Å². The Morgan fingerprint density at radius 2 is 2.04 bits per heavy atom. The first-order chi connectivity index (χ1) is 11.1. The largest absolute Gasteiger partial charge is 0.465 e. The van der Waals surface area contributed by atoms with Gasteiger partial charge in [0.15, 0.2) is 0 Å². The lowest BCUT2D eigenvalue weighted by molar-refractivity contribution is 0.142. The van der Waals surface area contributed by atoms with Crippen LogP contribution in [0.5, 0.6) is 0 Å². The number of rotatable bonds is 3. The van der Waals surface area contributed by atoms with Crippen LogP contribution in [0.15, 0.2) is 22.9 Å². The van der Waals surface area contributed by atoms with Crippen LogP contribution in [0.3, 0.4) is 0 Å². The minimum Gasteiger partial charge on any atom is -0.465 e. The highest BCUT2D eigenvalue weighted by atomic mass is 35.5. The summed E-state index contributed by atoms with van der Waals surface area (Å²) in [6.07, 6.45) is 3.26. The van der Waals surface area contributed by atoms with Crippen molar-refractivity contribution in [2.24, 2.45) is 0 Å². The van der Waals surface area contributed by atoms with Gasteiger partial charge in [-0.15, -0.1) is 0 Å². The topological polar surface area (TPSA) is 82.7 Å². The Hall–Kier alpha value is -2.28. The number of carboxylic acid groups (broad SMARTS) is 1.